The summed E-state index contributed by atoms with van der Waals surface area (Å²) in [5, 5.41) is 9.13. The zero-order chi connectivity index (χ0) is 12.1. The number of hydrogen-bond acceptors (Lipinski definition) is 5. The van der Waals surface area contributed by atoms with Crippen LogP contribution in [0.25, 0.3) is 0 Å². The first-order valence-electron chi connectivity index (χ1n) is 5.49. The molecule has 0 aliphatic heterocycles. The van der Waals surface area contributed by atoms with Gasteiger partial charge in [-0.3, -0.25) is 4.98 Å². The second-order valence-corrected chi connectivity index (χ2v) is 4.44. The van der Waals surface area contributed by atoms with E-state index in [1.165, 1.54) is 5.56 Å². The molecule has 0 aliphatic rings. The highest BCUT2D eigenvalue weighted by Crippen LogP contribution is 2.21. The highest BCUT2D eigenvalue weighted by Gasteiger charge is 2.09. The Balaban J connectivity index is 2.06. The molecule has 2 aromatic heterocycles. The monoisotopic (exact) mass is 249 g/mol. The highest BCUT2D eigenvalue weighted by molar-refractivity contribution is 7.98. The molecule has 0 aromatic carbocycles. The largest absolute Gasteiger partial charge is 0.324 e. The van der Waals surface area contributed by atoms with Crippen molar-refractivity contribution in [3.8, 4) is 0 Å². The van der Waals surface area contributed by atoms with Gasteiger partial charge in [0.1, 0.15) is 5.82 Å². The smallest absolute Gasteiger partial charge is 0.191 e. The highest BCUT2D eigenvalue weighted by atomic mass is 32.2. The van der Waals surface area contributed by atoms with E-state index in [2.05, 4.69) is 28.2 Å². The Kier molecular flexibility index (Phi) is 4.11. The van der Waals surface area contributed by atoms with Gasteiger partial charge in [0, 0.05) is 24.7 Å². The third-order valence-electron chi connectivity index (χ3n) is 2.38. The molecule has 0 unspecified atom stereocenters. The lowest BCUT2D eigenvalue weighted by molar-refractivity contribution is 0.643. The average Bonchev–Trinajstić information content (AvgIpc) is 2.79. The van der Waals surface area contributed by atoms with Crippen molar-refractivity contribution in [1.29, 1.82) is 0 Å². The van der Waals surface area contributed by atoms with E-state index in [1.54, 1.807) is 18.0 Å². The molecular formula is C11H15N5S. The van der Waals surface area contributed by atoms with Crippen molar-refractivity contribution in [2.75, 3.05) is 0 Å². The number of pyridine rings is 1. The van der Waals surface area contributed by atoms with Crippen molar-refractivity contribution in [2.45, 2.75) is 30.9 Å². The van der Waals surface area contributed by atoms with Crippen molar-refractivity contribution in [2.24, 2.45) is 5.73 Å². The maximum atomic E-state index is 5.60. The van der Waals surface area contributed by atoms with E-state index in [-0.39, 0.29) is 0 Å². The minimum atomic E-state index is 0.425. The average molecular weight is 249 g/mol. The summed E-state index contributed by atoms with van der Waals surface area (Å²) in [5.74, 6) is 1.68. The van der Waals surface area contributed by atoms with Crippen LogP contribution in [0.15, 0.2) is 29.7 Å². The minimum Gasteiger partial charge on any atom is -0.324 e. The van der Waals surface area contributed by atoms with Gasteiger partial charge in [0.15, 0.2) is 5.16 Å². The third kappa shape index (κ3) is 2.83. The van der Waals surface area contributed by atoms with Gasteiger partial charge in [-0.2, -0.15) is 0 Å². The van der Waals surface area contributed by atoms with Gasteiger partial charge < -0.3 is 10.3 Å². The van der Waals surface area contributed by atoms with E-state index in [4.69, 9.17) is 5.73 Å². The number of hydrogen-bond donors (Lipinski definition) is 1. The summed E-state index contributed by atoms with van der Waals surface area (Å²) in [6, 6.07) is 3.99. The van der Waals surface area contributed by atoms with E-state index in [9.17, 15) is 0 Å². The van der Waals surface area contributed by atoms with Crippen LogP contribution in [0, 0.1) is 0 Å². The molecule has 0 saturated heterocycles. The Bertz CT molecular complexity index is 468. The number of nitrogens with two attached hydrogens (primary N) is 1. The first-order chi connectivity index (χ1) is 8.35. The van der Waals surface area contributed by atoms with Crippen LogP contribution in [0.2, 0.25) is 0 Å². The number of aromatic nitrogens is 4. The van der Waals surface area contributed by atoms with Crippen LogP contribution in [0.4, 0.5) is 0 Å². The fourth-order valence-electron chi connectivity index (χ4n) is 1.53. The van der Waals surface area contributed by atoms with Crippen molar-refractivity contribution >= 4 is 11.8 Å². The van der Waals surface area contributed by atoms with Crippen molar-refractivity contribution in [1.82, 2.24) is 19.7 Å². The first-order valence-corrected chi connectivity index (χ1v) is 6.47. The van der Waals surface area contributed by atoms with Crippen LogP contribution in [-0.2, 0) is 18.8 Å². The van der Waals surface area contributed by atoms with Gasteiger partial charge in [-0.1, -0.05) is 17.8 Å². The fourth-order valence-corrected chi connectivity index (χ4v) is 2.48. The van der Waals surface area contributed by atoms with Gasteiger partial charge in [0.05, 0.1) is 6.54 Å². The summed E-state index contributed by atoms with van der Waals surface area (Å²) in [4.78, 5) is 4.08. The van der Waals surface area contributed by atoms with Crippen LogP contribution < -0.4 is 5.73 Å². The Morgan fingerprint density at radius 2 is 2.29 bits per heavy atom. The van der Waals surface area contributed by atoms with Crippen LogP contribution >= 0.6 is 11.8 Å². The molecule has 0 aliphatic carbocycles. The van der Waals surface area contributed by atoms with Gasteiger partial charge in [-0.05, 0) is 18.6 Å². The topological polar surface area (TPSA) is 69.6 Å². The molecule has 90 valence electrons. The predicted octanol–water partition coefficient (Wildman–Crippen LogP) is 1.44. The molecule has 0 bridgehead atoms. The molecule has 0 spiro atoms. The predicted molar refractivity (Wildman–Crippen MR) is 67.4 cm³/mol. The van der Waals surface area contributed by atoms with Crippen LogP contribution in [0.1, 0.15) is 18.3 Å². The molecule has 6 heteroatoms. The lowest BCUT2D eigenvalue weighted by atomic mass is 10.3. The maximum absolute atomic E-state index is 5.60. The molecule has 2 rings (SSSR count). The minimum absolute atomic E-state index is 0.425. The second kappa shape index (κ2) is 5.79. The lowest BCUT2D eigenvalue weighted by Gasteiger charge is -2.05. The maximum Gasteiger partial charge on any atom is 0.191 e. The van der Waals surface area contributed by atoms with Crippen molar-refractivity contribution < 1.29 is 0 Å². The number of rotatable bonds is 5. The summed E-state index contributed by atoms with van der Waals surface area (Å²) in [7, 11) is 0. The molecule has 17 heavy (non-hydrogen) atoms. The Morgan fingerprint density at radius 3 is 2.94 bits per heavy atom. The van der Waals surface area contributed by atoms with Crippen molar-refractivity contribution in [3.63, 3.8) is 0 Å². The molecule has 2 aromatic rings. The standard InChI is InChI=1S/C11H15N5S/c1-2-16-10(6-12)14-15-11(16)17-8-9-4-3-5-13-7-9/h3-5,7H,2,6,8,12H2,1H3. The van der Waals surface area contributed by atoms with Crippen LogP contribution in [-0.4, -0.2) is 19.7 Å². The zero-order valence-electron chi connectivity index (χ0n) is 9.71. The van der Waals surface area contributed by atoms with Gasteiger partial charge >= 0.3 is 0 Å². The molecule has 0 saturated carbocycles. The fraction of sp³-hybridized carbons (Fsp3) is 0.364. The molecule has 0 amide bonds. The lowest BCUT2D eigenvalue weighted by Crippen LogP contribution is -2.08. The van der Waals surface area contributed by atoms with Crippen LogP contribution in [0.3, 0.4) is 0 Å². The van der Waals surface area contributed by atoms with Gasteiger partial charge in [0.25, 0.3) is 0 Å². The van der Waals surface area contributed by atoms with Crippen molar-refractivity contribution in [3.05, 3.63) is 35.9 Å². The van der Waals surface area contributed by atoms with Gasteiger partial charge in [-0.25, -0.2) is 0 Å². The normalized spacial score (nSPS) is 10.7. The second-order valence-electron chi connectivity index (χ2n) is 3.50. The van der Waals surface area contributed by atoms with Gasteiger partial charge in [-0.15, -0.1) is 10.2 Å². The molecule has 0 radical (unpaired) electrons. The van der Waals surface area contributed by atoms with Gasteiger partial charge in [0.2, 0.25) is 0 Å². The summed E-state index contributed by atoms with van der Waals surface area (Å²) < 4.78 is 2.04. The Labute approximate surface area is 104 Å². The molecule has 2 heterocycles. The summed E-state index contributed by atoms with van der Waals surface area (Å²) in [6.45, 7) is 3.33. The third-order valence-corrected chi connectivity index (χ3v) is 3.42. The molecule has 0 fully saturated rings. The summed E-state index contributed by atoms with van der Waals surface area (Å²) in [5.41, 5.74) is 6.78. The zero-order valence-corrected chi connectivity index (χ0v) is 10.5. The van der Waals surface area contributed by atoms with E-state index in [0.717, 1.165) is 23.3 Å². The SMILES string of the molecule is CCn1c(CN)nnc1SCc1cccnc1. The van der Waals surface area contributed by atoms with Crippen LogP contribution in [0.5, 0.6) is 0 Å². The Morgan fingerprint density at radius 1 is 1.41 bits per heavy atom. The first kappa shape index (κ1) is 12.1. The summed E-state index contributed by atoms with van der Waals surface area (Å²) >= 11 is 1.65. The van der Waals surface area contributed by atoms with E-state index >= 15 is 0 Å². The van der Waals surface area contributed by atoms with E-state index in [1.807, 2.05) is 16.8 Å². The Hall–Kier alpha value is -1.40. The molecule has 5 nitrogen and oxygen atoms in total. The quantitative estimate of drug-likeness (QED) is 0.812. The molecule has 2 N–H and O–H groups in total. The number of nitrogens with zero attached hydrogens (tertiary/aromatic N) is 4. The number of thioether (sulfide) groups is 1. The molecule has 0 atom stereocenters. The van der Waals surface area contributed by atoms with E-state index < -0.39 is 0 Å². The molecular weight excluding hydrogens is 234 g/mol. The van der Waals surface area contributed by atoms with E-state index in [0.29, 0.717) is 6.54 Å². The summed E-state index contributed by atoms with van der Waals surface area (Å²) in [6.07, 6.45) is 3.64.